The number of likely N-dealkylation sites (tertiary alicyclic amines) is 1. The van der Waals surface area contributed by atoms with Crippen LogP contribution in [0.4, 0.5) is 0 Å². The van der Waals surface area contributed by atoms with E-state index in [9.17, 15) is 9.59 Å². The summed E-state index contributed by atoms with van der Waals surface area (Å²) in [5, 5.41) is 3.10. The van der Waals surface area contributed by atoms with E-state index in [1.807, 2.05) is 17.0 Å². The van der Waals surface area contributed by atoms with E-state index in [0.717, 1.165) is 37.7 Å². The molecule has 1 aromatic carbocycles. The number of nitrogens with one attached hydrogen (secondary N) is 1. The topological polar surface area (TPSA) is 77.1 Å². The normalized spacial score (nSPS) is 21.1. The van der Waals surface area contributed by atoms with Gasteiger partial charge in [0.25, 0.3) is 0 Å². The quantitative estimate of drug-likeness (QED) is 0.627. The van der Waals surface area contributed by atoms with Gasteiger partial charge in [0, 0.05) is 31.5 Å². The van der Waals surface area contributed by atoms with Gasteiger partial charge < -0.3 is 24.4 Å². The monoisotopic (exact) mass is 446 g/mol. The van der Waals surface area contributed by atoms with Crippen LogP contribution < -0.4 is 19.5 Å². The molecule has 3 rings (SSSR count). The Kier molecular flexibility index (Phi) is 8.26. The maximum atomic E-state index is 13.2. The third kappa shape index (κ3) is 5.30. The molecule has 0 radical (unpaired) electrons. The van der Waals surface area contributed by atoms with Crippen LogP contribution in [0.3, 0.4) is 0 Å². The van der Waals surface area contributed by atoms with Crippen LogP contribution in [0.15, 0.2) is 12.1 Å². The van der Waals surface area contributed by atoms with Crippen LogP contribution >= 0.6 is 0 Å². The molecule has 2 atom stereocenters. The Balaban J connectivity index is 1.88. The molecule has 7 nitrogen and oxygen atoms in total. The van der Waals surface area contributed by atoms with E-state index >= 15 is 0 Å². The second kappa shape index (κ2) is 10.9. The first-order valence-electron chi connectivity index (χ1n) is 11.8. The van der Waals surface area contributed by atoms with E-state index < -0.39 is 0 Å². The molecule has 32 heavy (non-hydrogen) atoms. The van der Waals surface area contributed by atoms with Crippen LogP contribution in [0.1, 0.15) is 57.4 Å². The first-order chi connectivity index (χ1) is 15.4. The lowest BCUT2D eigenvalue weighted by molar-refractivity contribution is -0.134. The SMILES string of the molecule is COc1cc([C@H]2CN(C(=O)C3CCCC3)C[C@@H]2C(=O)NCCC(C)C)cc(OC)c1OC. The van der Waals surface area contributed by atoms with E-state index in [2.05, 4.69) is 19.2 Å². The molecule has 1 saturated heterocycles. The van der Waals surface area contributed by atoms with Crippen molar-refractivity contribution >= 4 is 11.8 Å². The summed E-state index contributed by atoms with van der Waals surface area (Å²) in [7, 11) is 4.74. The van der Waals surface area contributed by atoms with E-state index in [1.165, 1.54) is 0 Å². The zero-order chi connectivity index (χ0) is 23.3. The number of benzene rings is 1. The van der Waals surface area contributed by atoms with E-state index in [0.29, 0.717) is 42.8 Å². The number of ether oxygens (including phenoxy) is 3. The zero-order valence-electron chi connectivity index (χ0n) is 20.1. The highest BCUT2D eigenvalue weighted by molar-refractivity contribution is 5.84. The van der Waals surface area contributed by atoms with Crippen LogP contribution in [-0.2, 0) is 9.59 Å². The minimum atomic E-state index is -0.310. The van der Waals surface area contributed by atoms with Crippen LogP contribution in [0, 0.1) is 17.8 Å². The Bertz CT molecular complexity index is 779. The lowest BCUT2D eigenvalue weighted by Crippen LogP contribution is -2.37. The molecule has 0 aromatic heterocycles. The van der Waals surface area contributed by atoms with Crippen molar-refractivity contribution in [2.75, 3.05) is 41.0 Å². The Morgan fingerprint density at radius 3 is 2.19 bits per heavy atom. The molecule has 7 heteroatoms. The van der Waals surface area contributed by atoms with E-state index in [4.69, 9.17) is 14.2 Å². The maximum absolute atomic E-state index is 13.2. The van der Waals surface area contributed by atoms with Crippen LogP contribution in [-0.4, -0.2) is 57.7 Å². The zero-order valence-corrected chi connectivity index (χ0v) is 20.1. The molecule has 1 saturated carbocycles. The number of methoxy groups -OCH3 is 3. The second-order valence-electron chi connectivity index (χ2n) is 9.37. The molecule has 0 bridgehead atoms. The smallest absolute Gasteiger partial charge is 0.225 e. The summed E-state index contributed by atoms with van der Waals surface area (Å²) in [6, 6.07) is 3.81. The summed E-state index contributed by atoms with van der Waals surface area (Å²) in [6.45, 7) is 5.90. The number of rotatable bonds is 9. The summed E-state index contributed by atoms with van der Waals surface area (Å²) in [6.07, 6.45) is 5.06. The van der Waals surface area contributed by atoms with Crippen molar-refractivity contribution in [1.82, 2.24) is 10.2 Å². The second-order valence-corrected chi connectivity index (χ2v) is 9.37. The Morgan fingerprint density at radius 2 is 1.66 bits per heavy atom. The third-order valence-corrected chi connectivity index (χ3v) is 6.81. The first kappa shape index (κ1) is 24.2. The average Bonchev–Trinajstić information content (AvgIpc) is 3.47. The maximum Gasteiger partial charge on any atom is 0.225 e. The van der Waals surface area contributed by atoms with Gasteiger partial charge >= 0.3 is 0 Å². The largest absolute Gasteiger partial charge is 0.493 e. The van der Waals surface area contributed by atoms with Gasteiger partial charge in [0.15, 0.2) is 11.5 Å². The van der Waals surface area contributed by atoms with Gasteiger partial charge in [-0.3, -0.25) is 9.59 Å². The molecule has 1 heterocycles. The molecule has 1 aliphatic heterocycles. The molecule has 0 unspecified atom stereocenters. The van der Waals surface area contributed by atoms with Gasteiger partial charge in [-0.2, -0.15) is 0 Å². The molecule has 1 aliphatic carbocycles. The molecule has 2 amide bonds. The van der Waals surface area contributed by atoms with E-state index in [-0.39, 0.29) is 29.6 Å². The van der Waals surface area contributed by atoms with Crippen molar-refractivity contribution in [3.63, 3.8) is 0 Å². The van der Waals surface area contributed by atoms with Crippen LogP contribution in [0.2, 0.25) is 0 Å². The van der Waals surface area contributed by atoms with Crippen LogP contribution in [0.5, 0.6) is 17.2 Å². The molecular formula is C25H38N2O5. The van der Waals surface area contributed by atoms with Crippen LogP contribution in [0.25, 0.3) is 0 Å². The summed E-state index contributed by atoms with van der Waals surface area (Å²) in [4.78, 5) is 28.3. The average molecular weight is 447 g/mol. The fourth-order valence-electron chi connectivity index (χ4n) is 4.95. The molecule has 0 spiro atoms. The highest BCUT2D eigenvalue weighted by Crippen LogP contribution is 2.43. The first-order valence-corrected chi connectivity index (χ1v) is 11.8. The van der Waals surface area contributed by atoms with Gasteiger partial charge in [-0.05, 0) is 42.9 Å². The summed E-state index contributed by atoms with van der Waals surface area (Å²) < 4.78 is 16.5. The summed E-state index contributed by atoms with van der Waals surface area (Å²) in [5.74, 6) is 2.01. The van der Waals surface area contributed by atoms with E-state index in [1.54, 1.807) is 21.3 Å². The molecule has 2 aliphatic rings. The predicted molar refractivity (Wildman–Crippen MR) is 123 cm³/mol. The van der Waals surface area contributed by atoms with Crippen molar-refractivity contribution in [2.24, 2.45) is 17.8 Å². The fourth-order valence-corrected chi connectivity index (χ4v) is 4.95. The minimum Gasteiger partial charge on any atom is -0.493 e. The van der Waals surface area contributed by atoms with Gasteiger partial charge in [0.2, 0.25) is 17.6 Å². The fraction of sp³-hybridized carbons (Fsp3) is 0.680. The summed E-state index contributed by atoms with van der Waals surface area (Å²) in [5.41, 5.74) is 0.922. The number of carbonyl (C=O) groups is 2. The number of carbonyl (C=O) groups excluding carboxylic acids is 2. The molecule has 2 fully saturated rings. The predicted octanol–water partition coefficient (Wildman–Crippen LogP) is 3.61. The van der Waals surface area contributed by atoms with Crippen molar-refractivity contribution in [2.45, 2.75) is 51.9 Å². The van der Waals surface area contributed by atoms with Gasteiger partial charge in [-0.15, -0.1) is 0 Å². The number of amides is 2. The molecular weight excluding hydrogens is 408 g/mol. The molecule has 1 aromatic rings. The van der Waals surface area contributed by atoms with Gasteiger partial charge in [0.1, 0.15) is 0 Å². The Labute approximate surface area is 191 Å². The molecule has 1 N–H and O–H groups in total. The van der Waals surface area contributed by atoms with Gasteiger partial charge in [0.05, 0.1) is 27.2 Å². The highest BCUT2D eigenvalue weighted by atomic mass is 16.5. The van der Waals surface area contributed by atoms with Gasteiger partial charge in [-0.1, -0.05) is 26.7 Å². The number of nitrogens with zero attached hydrogens (tertiary/aromatic N) is 1. The minimum absolute atomic E-state index is 0.00567. The lowest BCUT2D eigenvalue weighted by atomic mass is 9.87. The standard InChI is InChI=1S/C25H38N2O5/c1-16(2)10-11-26-24(28)20-15-27(25(29)17-8-6-7-9-17)14-19(20)18-12-21(30-3)23(32-5)22(13-18)31-4/h12-13,16-17,19-20H,6-11,14-15H2,1-5H3,(H,26,28)/t19-,20+/m1/s1. The summed E-state index contributed by atoms with van der Waals surface area (Å²) >= 11 is 0. The van der Waals surface area contributed by atoms with Crippen molar-refractivity contribution in [3.05, 3.63) is 17.7 Å². The molecule has 178 valence electrons. The Hall–Kier alpha value is -2.44. The van der Waals surface area contributed by atoms with Gasteiger partial charge in [-0.25, -0.2) is 0 Å². The third-order valence-electron chi connectivity index (χ3n) is 6.81. The number of hydrogen-bond acceptors (Lipinski definition) is 5. The number of hydrogen-bond donors (Lipinski definition) is 1. The lowest BCUT2D eigenvalue weighted by Gasteiger charge is -2.21. The highest BCUT2D eigenvalue weighted by Gasteiger charge is 2.42. The van der Waals surface area contributed by atoms with Crippen molar-refractivity contribution in [3.8, 4) is 17.2 Å². The van der Waals surface area contributed by atoms with Crippen molar-refractivity contribution in [1.29, 1.82) is 0 Å². The Morgan fingerprint density at radius 1 is 1.03 bits per heavy atom. The van der Waals surface area contributed by atoms with Crippen molar-refractivity contribution < 1.29 is 23.8 Å².